The van der Waals surface area contributed by atoms with Gasteiger partial charge < -0.3 is 5.11 Å². The van der Waals surface area contributed by atoms with Crippen LogP contribution in [-0.2, 0) is 4.79 Å². The minimum Gasteiger partial charge on any atom is -0.480 e. The molecule has 82 valence electrons. The zero-order valence-corrected chi connectivity index (χ0v) is 9.74. The van der Waals surface area contributed by atoms with E-state index in [0.717, 1.165) is 44.3 Å². The third-order valence-electron chi connectivity index (χ3n) is 2.93. The lowest BCUT2D eigenvalue weighted by Gasteiger charge is -2.32. The van der Waals surface area contributed by atoms with E-state index in [2.05, 4.69) is 6.92 Å². The molecule has 1 aliphatic rings. The van der Waals surface area contributed by atoms with Crippen LogP contribution in [0.2, 0.25) is 0 Å². The van der Waals surface area contributed by atoms with Crippen LogP contribution < -0.4 is 0 Å². The highest BCUT2D eigenvalue weighted by Crippen LogP contribution is 2.40. The van der Waals surface area contributed by atoms with Crippen molar-refractivity contribution < 1.29 is 9.90 Å². The van der Waals surface area contributed by atoms with E-state index in [0.29, 0.717) is 0 Å². The summed E-state index contributed by atoms with van der Waals surface area (Å²) in [5.41, 5.74) is 0. The van der Waals surface area contributed by atoms with E-state index in [4.69, 9.17) is 0 Å². The van der Waals surface area contributed by atoms with Gasteiger partial charge in [0.15, 0.2) is 0 Å². The molecule has 1 N–H and O–H groups in total. The molecule has 1 fully saturated rings. The molecule has 1 saturated carbocycles. The van der Waals surface area contributed by atoms with Crippen LogP contribution in [0.3, 0.4) is 0 Å². The lowest BCUT2D eigenvalue weighted by atomic mass is 9.88. The van der Waals surface area contributed by atoms with Crippen molar-refractivity contribution in [2.45, 2.75) is 56.6 Å². The Morgan fingerprint density at radius 2 is 2.00 bits per heavy atom. The molecular weight excluding hydrogens is 196 g/mol. The number of aliphatic carboxylic acids is 1. The number of thioether (sulfide) groups is 1. The maximum absolute atomic E-state index is 11.2. The summed E-state index contributed by atoms with van der Waals surface area (Å²) in [6, 6.07) is 0. The highest BCUT2D eigenvalue weighted by molar-refractivity contribution is 8.01. The van der Waals surface area contributed by atoms with E-state index >= 15 is 0 Å². The third kappa shape index (κ3) is 2.91. The Hall–Kier alpha value is -0.180. The van der Waals surface area contributed by atoms with Crippen molar-refractivity contribution in [2.75, 3.05) is 5.75 Å². The van der Waals surface area contributed by atoms with Crippen molar-refractivity contribution in [3.8, 4) is 0 Å². The summed E-state index contributed by atoms with van der Waals surface area (Å²) >= 11 is 1.68. The minimum absolute atomic E-state index is 0.437. The average Bonchev–Trinajstić information content (AvgIpc) is 2.19. The molecule has 0 radical (unpaired) electrons. The van der Waals surface area contributed by atoms with E-state index in [-0.39, 0.29) is 0 Å². The number of rotatable bonds is 5. The first kappa shape index (κ1) is 11.9. The Labute approximate surface area is 90.5 Å². The molecule has 0 atom stereocenters. The second-order valence-corrected chi connectivity index (χ2v) is 5.54. The summed E-state index contributed by atoms with van der Waals surface area (Å²) in [4.78, 5) is 11.2. The van der Waals surface area contributed by atoms with Crippen molar-refractivity contribution >= 4 is 17.7 Å². The zero-order valence-electron chi connectivity index (χ0n) is 8.92. The molecule has 2 nitrogen and oxygen atoms in total. The molecular formula is C11H20O2S. The zero-order chi connectivity index (χ0) is 10.4. The van der Waals surface area contributed by atoms with Crippen LogP contribution in [-0.4, -0.2) is 21.6 Å². The first-order valence-corrected chi connectivity index (χ1v) is 6.57. The van der Waals surface area contributed by atoms with Crippen molar-refractivity contribution in [1.29, 1.82) is 0 Å². The topological polar surface area (TPSA) is 37.3 Å². The highest BCUT2D eigenvalue weighted by Gasteiger charge is 2.39. The fraction of sp³-hybridized carbons (Fsp3) is 0.909. The fourth-order valence-corrected chi connectivity index (χ4v) is 3.48. The summed E-state index contributed by atoms with van der Waals surface area (Å²) in [6.07, 6.45) is 7.43. The van der Waals surface area contributed by atoms with Gasteiger partial charge in [0.05, 0.1) is 0 Å². The van der Waals surface area contributed by atoms with Gasteiger partial charge in [-0.3, -0.25) is 4.79 Å². The maximum Gasteiger partial charge on any atom is 0.319 e. The fourth-order valence-electron chi connectivity index (χ4n) is 1.95. The number of hydrogen-bond acceptors (Lipinski definition) is 2. The van der Waals surface area contributed by atoms with Gasteiger partial charge in [-0.1, -0.05) is 32.6 Å². The van der Waals surface area contributed by atoms with Crippen LogP contribution >= 0.6 is 11.8 Å². The van der Waals surface area contributed by atoms with Crippen LogP contribution in [0.5, 0.6) is 0 Å². The molecule has 0 aromatic heterocycles. The van der Waals surface area contributed by atoms with Crippen LogP contribution in [0.15, 0.2) is 0 Å². The van der Waals surface area contributed by atoms with Crippen molar-refractivity contribution in [3.05, 3.63) is 0 Å². The first-order valence-electron chi connectivity index (χ1n) is 5.58. The van der Waals surface area contributed by atoms with Crippen LogP contribution in [0, 0.1) is 0 Å². The highest BCUT2D eigenvalue weighted by atomic mass is 32.2. The van der Waals surface area contributed by atoms with E-state index in [9.17, 15) is 9.90 Å². The SMILES string of the molecule is CCCCSC1(C(=O)O)CCCCC1. The smallest absolute Gasteiger partial charge is 0.319 e. The van der Waals surface area contributed by atoms with E-state index in [1.54, 1.807) is 11.8 Å². The molecule has 0 amide bonds. The third-order valence-corrected chi connectivity index (χ3v) is 4.56. The largest absolute Gasteiger partial charge is 0.480 e. The van der Waals surface area contributed by atoms with Gasteiger partial charge in [-0.25, -0.2) is 0 Å². The second-order valence-electron chi connectivity index (χ2n) is 4.06. The molecule has 1 aliphatic carbocycles. The molecule has 0 aromatic carbocycles. The van der Waals surface area contributed by atoms with E-state index < -0.39 is 10.7 Å². The number of carbonyl (C=O) groups is 1. The van der Waals surface area contributed by atoms with Gasteiger partial charge >= 0.3 is 5.97 Å². The van der Waals surface area contributed by atoms with E-state index in [1.165, 1.54) is 6.42 Å². The Balaban J connectivity index is 2.47. The molecule has 0 aromatic rings. The Bertz CT molecular complexity index is 186. The summed E-state index contributed by atoms with van der Waals surface area (Å²) in [5.74, 6) is 0.418. The molecule has 14 heavy (non-hydrogen) atoms. The van der Waals surface area contributed by atoms with Crippen LogP contribution in [0.4, 0.5) is 0 Å². The molecule has 3 heteroatoms. The molecule has 0 saturated heterocycles. The summed E-state index contributed by atoms with van der Waals surface area (Å²) < 4.78 is -0.437. The summed E-state index contributed by atoms with van der Waals surface area (Å²) in [5, 5.41) is 9.27. The summed E-state index contributed by atoms with van der Waals surface area (Å²) in [7, 11) is 0. The Morgan fingerprint density at radius 1 is 1.36 bits per heavy atom. The van der Waals surface area contributed by atoms with Gasteiger partial charge in [-0.2, -0.15) is 0 Å². The number of hydrogen-bond donors (Lipinski definition) is 1. The Morgan fingerprint density at radius 3 is 2.50 bits per heavy atom. The van der Waals surface area contributed by atoms with Gasteiger partial charge in [0, 0.05) is 0 Å². The van der Waals surface area contributed by atoms with Gasteiger partial charge in [0.2, 0.25) is 0 Å². The van der Waals surface area contributed by atoms with Crippen molar-refractivity contribution in [2.24, 2.45) is 0 Å². The maximum atomic E-state index is 11.2. The summed E-state index contributed by atoms with van der Waals surface area (Å²) in [6.45, 7) is 2.15. The lowest BCUT2D eigenvalue weighted by molar-refractivity contribution is -0.140. The number of carboxylic acids is 1. The normalized spacial score (nSPS) is 20.6. The molecule has 0 spiro atoms. The van der Waals surface area contributed by atoms with Crippen molar-refractivity contribution in [1.82, 2.24) is 0 Å². The number of carboxylic acid groups (broad SMARTS) is 1. The Kier molecular flexibility index (Phi) is 4.79. The average molecular weight is 216 g/mol. The van der Waals surface area contributed by atoms with E-state index in [1.807, 2.05) is 0 Å². The van der Waals surface area contributed by atoms with Crippen LogP contribution in [0.1, 0.15) is 51.9 Å². The van der Waals surface area contributed by atoms with Crippen molar-refractivity contribution in [3.63, 3.8) is 0 Å². The van der Waals surface area contributed by atoms with Crippen LogP contribution in [0.25, 0.3) is 0 Å². The quantitative estimate of drug-likeness (QED) is 0.716. The second kappa shape index (κ2) is 5.64. The van der Waals surface area contributed by atoms with Gasteiger partial charge in [-0.15, -0.1) is 11.8 Å². The molecule has 0 bridgehead atoms. The standard InChI is InChI=1S/C11H20O2S/c1-2-3-9-14-11(10(12)13)7-5-4-6-8-11/h2-9H2,1H3,(H,12,13). The van der Waals surface area contributed by atoms with Gasteiger partial charge in [0.1, 0.15) is 4.75 Å². The molecule has 1 rings (SSSR count). The molecule has 0 unspecified atom stereocenters. The monoisotopic (exact) mass is 216 g/mol. The van der Waals surface area contributed by atoms with Gasteiger partial charge in [-0.05, 0) is 25.0 Å². The lowest BCUT2D eigenvalue weighted by Crippen LogP contribution is -2.37. The molecule has 0 aliphatic heterocycles. The predicted octanol–water partition coefficient (Wildman–Crippen LogP) is 3.31. The first-order chi connectivity index (χ1) is 6.71. The number of unbranched alkanes of at least 4 members (excludes halogenated alkanes) is 1. The van der Waals surface area contributed by atoms with Gasteiger partial charge in [0.25, 0.3) is 0 Å². The predicted molar refractivity (Wildman–Crippen MR) is 60.8 cm³/mol. The molecule has 0 heterocycles. The minimum atomic E-state index is -0.585.